The molecule has 0 aromatic rings. The van der Waals surface area contributed by atoms with Gasteiger partial charge in [0.05, 0.1) is 46.2 Å². The second-order valence-corrected chi connectivity index (χ2v) is 4.99. The molecule has 7 heteroatoms. The lowest BCUT2D eigenvalue weighted by molar-refractivity contribution is -0.123. The van der Waals surface area contributed by atoms with E-state index in [2.05, 4.69) is 0 Å². The van der Waals surface area contributed by atoms with Crippen molar-refractivity contribution in [3.05, 3.63) is 0 Å². The van der Waals surface area contributed by atoms with Crippen molar-refractivity contribution in [2.75, 3.05) is 53.4 Å². The van der Waals surface area contributed by atoms with Crippen molar-refractivity contribution in [1.29, 1.82) is 0 Å². The molecule has 0 unspecified atom stereocenters. The molecule has 0 radical (unpaired) electrons. The Labute approximate surface area is 118 Å². The molecule has 0 amide bonds. The predicted octanol–water partition coefficient (Wildman–Crippen LogP) is -0.426. The Kier molecular flexibility index (Phi) is 5.22. The maximum absolute atomic E-state index is 5.80. The first-order chi connectivity index (χ1) is 9.90. The predicted molar refractivity (Wildman–Crippen MR) is 66.5 cm³/mol. The summed E-state index contributed by atoms with van der Waals surface area (Å²) in [6, 6.07) is 0. The summed E-state index contributed by atoms with van der Waals surface area (Å²) < 4.78 is 38.0. The molecule has 3 heterocycles. The summed E-state index contributed by atoms with van der Waals surface area (Å²) in [6.07, 6.45) is -0.000686. The topological polar surface area (TPSA) is 67.9 Å². The van der Waals surface area contributed by atoms with E-state index in [1.807, 2.05) is 0 Å². The highest BCUT2D eigenvalue weighted by Gasteiger charge is 2.62. The average molecular weight is 290 g/mol. The van der Waals surface area contributed by atoms with E-state index in [0.29, 0.717) is 46.2 Å². The number of hydrogen-bond acceptors (Lipinski definition) is 7. The van der Waals surface area contributed by atoms with Gasteiger partial charge in [0.2, 0.25) is 0 Å². The Bertz CT molecular complexity index is 300. The minimum Gasteiger partial charge on any atom is -0.382 e. The van der Waals surface area contributed by atoms with E-state index in [-0.39, 0.29) is 30.7 Å². The van der Waals surface area contributed by atoms with Gasteiger partial charge < -0.3 is 33.2 Å². The Hall–Kier alpha value is -0.280. The third kappa shape index (κ3) is 3.48. The molecule has 3 aliphatic heterocycles. The van der Waals surface area contributed by atoms with Crippen LogP contribution in [0.4, 0.5) is 0 Å². The lowest BCUT2D eigenvalue weighted by Gasteiger charge is -2.24. The molecule has 0 spiro atoms. The Morgan fingerprint density at radius 3 is 2.45 bits per heavy atom. The first kappa shape index (κ1) is 14.6. The van der Waals surface area contributed by atoms with Crippen molar-refractivity contribution in [3.8, 4) is 0 Å². The number of methoxy groups -OCH3 is 1. The maximum Gasteiger partial charge on any atom is 0.187 e. The van der Waals surface area contributed by atoms with Crippen LogP contribution in [0.2, 0.25) is 0 Å². The third-order valence-corrected chi connectivity index (χ3v) is 3.60. The number of hydrogen-bond donors (Lipinski definition) is 0. The fraction of sp³-hybridized carbons (Fsp3) is 1.00. The summed E-state index contributed by atoms with van der Waals surface area (Å²) in [6.45, 7) is 4.00. The van der Waals surface area contributed by atoms with Crippen LogP contribution in [-0.2, 0) is 33.2 Å². The van der Waals surface area contributed by atoms with E-state index >= 15 is 0 Å². The molecule has 5 atom stereocenters. The molecule has 2 bridgehead atoms. The Morgan fingerprint density at radius 1 is 0.900 bits per heavy atom. The van der Waals surface area contributed by atoms with Crippen LogP contribution in [0.25, 0.3) is 0 Å². The zero-order chi connectivity index (χ0) is 13.8. The summed E-state index contributed by atoms with van der Waals surface area (Å²) in [4.78, 5) is 0. The summed E-state index contributed by atoms with van der Waals surface area (Å²) in [5.41, 5.74) is 0. The first-order valence-corrected chi connectivity index (χ1v) is 7.08. The van der Waals surface area contributed by atoms with E-state index in [9.17, 15) is 0 Å². The molecule has 0 aromatic heterocycles. The lowest BCUT2D eigenvalue weighted by atomic mass is 10.1. The van der Waals surface area contributed by atoms with Crippen LogP contribution in [-0.4, -0.2) is 84.1 Å². The normalized spacial score (nSPS) is 38.0. The lowest BCUT2D eigenvalue weighted by Crippen LogP contribution is -2.42. The van der Waals surface area contributed by atoms with Crippen LogP contribution >= 0.6 is 0 Å². The number of fused-ring (bicyclic) bond motifs is 4. The largest absolute Gasteiger partial charge is 0.382 e. The van der Waals surface area contributed by atoms with Gasteiger partial charge in [-0.25, -0.2) is 0 Å². The van der Waals surface area contributed by atoms with Gasteiger partial charge >= 0.3 is 0 Å². The highest BCUT2D eigenvalue weighted by atomic mass is 16.8. The van der Waals surface area contributed by atoms with Crippen molar-refractivity contribution in [2.24, 2.45) is 0 Å². The Morgan fingerprint density at radius 2 is 1.65 bits per heavy atom. The minimum atomic E-state index is -0.176. The SMILES string of the molecule is COCCOCCOCCO[C@H]1[C@@H]2O[C@H]2[C@@H]2OC[C@H]1O2. The molecule has 0 aromatic carbocycles. The smallest absolute Gasteiger partial charge is 0.187 e. The molecule has 20 heavy (non-hydrogen) atoms. The van der Waals surface area contributed by atoms with Gasteiger partial charge in [-0.05, 0) is 0 Å². The number of epoxide rings is 1. The molecule has 116 valence electrons. The molecule has 3 rings (SSSR count). The summed E-state index contributed by atoms with van der Waals surface area (Å²) >= 11 is 0. The fourth-order valence-corrected chi connectivity index (χ4v) is 2.53. The van der Waals surface area contributed by atoms with Gasteiger partial charge in [-0.15, -0.1) is 0 Å². The van der Waals surface area contributed by atoms with Crippen molar-refractivity contribution in [3.63, 3.8) is 0 Å². The number of rotatable bonds is 10. The molecule has 7 nitrogen and oxygen atoms in total. The van der Waals surface area contributed by atoms with Crippen LogP contribution < -0.4 is 0 Å². The summed E-state index contributed by atoms with van der Waals surface area (Å²) in [5, 5.41) is 0. The van der Waals surface area contributed by atoms with E-state index in [1.54, 1.807) is 7.11 Å². The molecular formula is C13H22O7. The van der Waals surface area contributed by atoms with E-state index < -0.39 is 0 Å². The molecule has 0 saturated carbocycles. The van der Waals surface area contributed by atoms with Gasteiger partial charge in [0.15, 0.2) is 6.29 Å². The highest BCUT2D eigenvalue weighted by molar-refractivity contribution is 5.04. The highest BCUT2D eigenvalue weighted by Crippen LogP contribution is 2.42. The monoisotopic (exact) mass is 290 g/mol. The second kappa shape index (κ2) is 7.13. The van der Waals surface area contributed by atoms with Crippen LogP contribution in [0.15, 0.2) is 0 Å². The molecule has 3 aliphatic rings. The standard InChI is InChI=1S/C13H22O7/c1-14-2-3-15-4-5-16-6-7-17-10-9-8-18-13(19-9)12-11(10)20-12/h9-13H,2-8H2,1H3/t9-,10-,11+,12-,13-/m1/s1. The van der Waals surface area contributed by atoms with Crippen molar-refractivity contribution < 1.29 is 33.2 Å². The van der Waals surface area contributed by atoms with Gasteiger partial charge in [-0.3, -0.25) is 0 Å². The van der Waals surface area contributed by atoms with E-state index in [1.165, 1.54) is 0 Å². The first-order valence-electron chi connectivity index (χ1n) is 7.08. The minimum absolute atomic E-state index is 0.00104. The third-order valence-electron chi connectivity index (χ3n) is 3.60. The number of ether oxygens (including phenoxy) is 7. The van der Waals surface area contributed by atoms with Crippen LogP contribution in [0, 0.1) is 0 Å². The van der Waals surface area contributed by atoms with Crippen LogP contribution in [0.1, 0.15) is 0 Å². The summed E-state index contributed by atoms with van der Waals surface area (Å²) in [5.74, 6) is 0. The quantitative estimate of drug-likeness (QED) is 0.399. The van der Waals surface area contributed by atoms with Crippen molar-refractivity contribution >= 4 is 0 Å². The van der Waals surface area contributed by atoms with Crippen molar-refractivity contribution in [2.45, 2.75) is 30.7 Å². The zero-order valence-electron chi connectivity index (χ0n) is 11.7. The van der Waals surface area contributed by atoms with E-state index in [0.717, 1.165) is 0 Å². The average Bonchev–Trinajstić information content (AvgIpc) is 3.14. The maximum atomic E-state index is 5.80. The second-order valence-electron chi connectivity index (χ2n) is 4.99. The molecular weight excluding hydrogens is 268 g/mol. The van der Waals surface area contributed by atoms with Gasteiger partial charge in [0, 0.05) is 7.11 Å². The van der Waals surface area contributed by atoms with Gasteiger partial charge in [-0.1, -0.05) is 0 Å². The summed E-state index contributed by atoms with van der Waals surface area (Å²) in [7, 11) is 1.65. The fourth-order valence-electron chi connectivity index (χ4n) is 2.53. The van der Waals surface area contributed by atoms with Crippen molar-refractivity contribution in [1.82, 2.24) is 0 Å². The Balaban J connectivity index is 1.21. The van der Waals surface area contributed by atoms with Crippen LogP contribution in [0.5, 0.6) is 0 Å². The molecule has 3 saturated heterocycles. The molecule has 0 aliphatic carbocycles. The molecule has 0 N–H and O–H groups in total. The van der Waals surface area contributed by atoms with E-state index in [4.69, 9.17) is 33.2 Å². The van der Waals surface area contributed by atoms with Gasteiger partial charge in [0.25, 0.3) is 0 Å². The molecule has 3 fully saturated rings. The van der Waals surface area contributed by atoms with Gasteiger partial charge in [-0.2, -0.15) is 0 Å². The zero-order valence-corrected chi connectivity index (χ0v) is 11.7. The van der Waals surface area contributed by atoms with Gasteiger partial charge in [0.1, 0.15) is 24.4 Å². The van der Waals surface area contributed by atoms with Crippen LogP contribution in [0.3, 0.4) is 0 Å².